The zero-order valence-corrected chi connectivity index (χ0v) is 11.5. The van der Waals surface area contributed by atoms with E-state index in [1.165, 1.54) is 38.5 Å². The van der Waals surface area contributed by atoms with Crippen LogP contribution in [0.25, 0.3) is 0 Å². The zero-order chi connectivity index (χ0) is 12.1. The van der Waals surface area contributed by atoms with Crippen LogP contribution >= 0.6 is 0 Å². The molecule has 1 saturated carbocycles. The molecule has 1 aliphatic heterocycles. The van der Waals surface area contributed by atoms with Crippen molar-refractivity contribution in [3.05, 3.63) is 0 Å². The van der Waals surface area contributed by atoms with Crippen LogP contribution in [0, 0.1) is 0 Å². The van der Waals surface area contributed by atoms with E-state index < -0.39 is 0 Å². The summed E-state index contributed by atoms with van der Waals surface area (Å²) in [6.07, 6.45) is 8.51. The van der Waals surface area contributed by atoms with E-state index in [2.05, 4.69) is 17.1 Å². The predicted octanol–water partition coefficient (Wildman–Crippen LogP) is 2.02. The molecule has 3 heteroatoms. The van der Waals surface area contributed by atoms with Crippen molar-refractivity contribution in [2.24, 2.45) is 0 Å². The molecular formula is C14H28N2O. The Morgan fingerprint density at radius 2 is 2.18 bits per heavy atom. The summed E-state index contributed by atoms with van der Waals surface area (Å²) >= 11 is 0. The Balaban J connectivity index is 1.84. The molecule has 2 fully saturated rings. The topological polar surface area (TPSA) is 24.5 Å². The lowest BCUT2D eigenvalue weighted by molar-refractivity contribution is -0.101. The van der Waals surface area contributed by atoms with Crippen LogP contribution in [0.3, 0.4) is 0 Å². The van der Waals surface area contributed by atoms with Gasteiger partial charge in [-0.2, -0.15) is 0 Å². The third-order valence-electron chi connectivity index (χ3n) is 4.39. The molecule has 3 unspecified atom stereocenters. The molecule has 1 N–H and O–H groups in total. The molecule has 1 heterocycles. The Hall–Kier alpha value is -0.120. The fourth-order valence-corrected chi connectivity index (χ4v) is 3.41. The van der Waals surface area contributed by atoms with Crippen molar-refractivity contribution >= 4 is 0 Å². The fraction of sp³-hybridized carbons (Fsp3) is 1.00. The second-order valence-electron chi connectivity index (χ2n) is 5.59. The van der Waals surface area contributed by atoms with Gasteiger partial charge in [0.15, 0.2) is 0 Å². The van der Waals surface area contributed by atoms with Crippen molar-refractivity contribution in [2.45, 2.75) is 63.6 Å². The minimum Gasteiger partial charge on any atom is -0.375 e. The summed E-state index contributed by atoms with van der Waals surface area (Å²) in [6.45, 7) is 5.62. The van der Waals surface area contributed by atoms with Gasteiger partial charge in [0.2, 0.25) is 0 Å². The molecule has 0 spiro atoms. The summed E-state index contributed by atoms with van der Waals surface area (Å²) in [7, 11) is 2.04. The highest BCUT2D eigenvalue weighted by molar-refractivity contribution is 4.89. The van der Waals surface area contributed by atoms with Gasteiger partial charge in [-0.15, -0.1) is 0 Å². The van der Waals surface area contributed by atoms with Gasteiger partial charge < -0.3 is 10.1 Å². The van der Waals surface area contributed by atoms with Gasteiger partial charge in [-0.25, -0.2) is 0 Å². The van der Waals surface area contributed by atoms with Crippen LogP contribution in [0.4, 0.5) is 0 Å². The first-order valence-electron chi connectivity index (χ1n) is 7.35. The monoisotopic (exact) mass is 240 g/mol. The maximum Gasteiger partial charge on any atom is 0.0731 e. The first-order chi connectivity index (χ1) is 8.33. The molecule has 2 rings (SSSR count). The molecule has 2 aliphatic rings. The van der Waals surface area contributed by atoms with Gasteiger partial charge in [-0.1, -0.05) is 12.8 Å². The zero-order valence-electron chi connectivity index (χ0n) is 11.5. The van der Waals surface area contributed by atoms with Gasteiger partial charge in [0.1, 0.15) is 0 Å². The van der Waals surface area contributed by atoms with Crippen LogP contribution in [0.1, 0.15) is 45.4 Å². The molecule has 3 nitrogen and oxygen atoms in total. The Morgan fingerprint density at radius 3 is 3.00 bits per heavy atom. The average Bonchev–Trinajstić information content (AvgIpc) is 2.38. The number of hydrogen-bond acceptors (Lipinski definition) is 3. The van der Waals surface area contributed by atoms with Crippen LogP contribution in [0.5, 0.6) is 0 Å². The molecule has 100 valence electrons. The van der Waals surface area contributed by atoms with Crippen molar-refractivity contribution in [3.8, 4) is 0 Å². The van der Waals surface area contributed by atoms with Gasteiger partial charge in [-0.3, -0.25) is 4.90 Å². The number of nitrogens with zero attached hydrogens (tertiary/aromatic N) is 1. The maximum absolute atomic E-state index is 5.93. The first-order valence-corrected chi connectivity index (χ1v) is 7.35. The lowest BCUT2D eigenvalue weighted by Crippen LogP contribution is -2.55. The summed E-state index contributed by atoms with van der Waals surface area (Å²) in [5.74, 6) is 0. The third-order valence-corrected chi connectivity index (χ3v) is 4.39. The highest BCUT2D eigenvalue weighted by Crippen LogP contribution is 2.30. The molecule has 17 heavy (non-hydrogen) atoms. The SMILES string of the molecule is CNCCCC(C)N1CCOC2CCCCC21. The molecule has 0 aromatic carbocycles. The number of rotatable bonds is 5. The van der Waals surface area contributed by atoms with Gasteiger partial charge in [-0.05, 0) is 46.2 Å². The number of ether oxygens (including phenoxy) is 1. The summed E-state index contributed by atoms with van der Waals surface area (Å²) in [4.78, 5) is 2.73. The maximum atomic E-state index is 5.93. The molecule has 1 aliphatic carbocycles. The highest BCUT2D eigenvalue weighted by atomic mass is 16.5. The minimum absolute atomic E-state index is 0.532. The van der Waals surface area contributed by atoms with Crippen LogP contribution in [-0.2, 0) is 4.74 Å². The number of morpholine rings is 1. The van der Waals surface area contributed by atoms with Gasteiger partial charge >= 0.3 is 0 Å². The molecule has 0 radical (unpaired) electrons. The van der Waals surface area contributed by atoms with E-state index in [9.17, 15) is 0 Å². The number of nitrogens with one attached hydrogen (secondary N) is 1. The van der Waals surface area contributed by atoms with E-state index in [0.717, 1.165) is 25.7 Å². The lowest BCUT2D eigenvalue weighted by Gasteiger charge is -2.46. The molecule has 0 aromatic heterocycles. The summed E-state index contributed by atoms with van der Waals surface area (Å²) < 4.78 is 5.93. The van der Waals surface area contributed by atoms with E-state index in [0.29, 0.717) is 12.1 Å². The molecular weight excluding hydrogens is 212 g/mol. The molecule has 0 amide bonds. The van der Waals surface area contributed by atoms with Gasteiger partial charge in [0.05, 0.1) is 12.7 Å². The van der Waals surface area contributed by atoms with Crippen LogP contribution in [-0.4, -0.2) is 49.8 Å². The smallest absolute Gasteiger partial charge is 0.0731 e. The molecule has 3 atom stereocenters. The largest absolute Gasteiger partial charge is 0.375 e. The Kier molecular flexibility index (Phi) is 5.26. The van der Waals surface area contributed by atoms with Crippen molar-refractivity contribution in [2.75, 3.05) is 26.7 Å². The normalized spacial score (nSPS) is 32.1. The van der Waals surface area contributed by atoms with Crippen molar-refractivity contribution < 1.29 is 4.74 Å². The van der Waals surface area contributed by atoms with E-state index in [4.69, 9.17) is 4.74 Å². The molecule has 0 aromatic rings. The Labute approximate surface area is 106 Å². The first kappa shape index (κ1) is 13.3. The number of hydrogen-bond donors (Lipinski definition) is 1. The molecule has 1 saturated heterocycles. The summed E-state index contributed by atoms with van der Waals surface area (Å²) in [5, 5.41) is 3.24. The number of fused-ring (bicyclic) bond motifs is 1. The van der Waals surface area contributed by atoms with E-state index in [-0.39, 0.29) is 0 Å². The van der Waals surface area contributed by atoms with Crippen molar-refractivity contribution in [1.29, 1.82) is 0 Å². The van der Waals surface area contributed by atoms with E-state index in [1.54, 1.807) is 0 Å². The summed E-state index contributed by atoms with van der Waals surface area (Å²) in [5.41, 5.74) is 0. The molecule has 0 bridgehead atoms. The van der Waals surface area contributed by atoms with Gasteiger partial charge in [0.25, 0.3) is 0 Å². The van der Waals surface area contributed by atoms with Crippen molar-refractivity contribution in [1.82, 2.24) is 10.2 Å². The standard InChI is InChI=1S/C14H28N2O/c1-12(6-5-9-15-2)16-10-11-17-14-8-4-3-7-13(14)16/h12-15H,3-11H2,1-2H3. The Morgan fingerprint density at radius 1 is 1.35 bits per heavy atom. The Bertz CT molecular complexity index is 220. The van der Waals surface area contributed by atoms with Crippen molar-refractivity contribution in [3.63, 3.8) is 0 Å². The summed E-state index contributed by atoms with van der Waals surface area (Å²) in [6, 6.07) is 1.43. The van der Waals surface area contributed by atoms with Crippen LogP contribution < -0.4 is 5.32 Å². The van der Waals surface area contributed by atoms with E-state index in [1.807, 2.05) is 7.05 Å². The fourth-order valence-electron chi connectivity index (χ4n) is 3.41. The minimum atomic E-state index is 0.532. The highest BCUT2D eigenvalue weighted by Gasteiger charge is 2.35. The second-order valence-corrected chi connectivity index (χ2v) is 5.59. The predicted molar refractivity (Wildman–Crippen MR) is 71.3 cm³/mol. The third kappa shape index (κ3) is 3.43. The quantitative estimate of drug-likeness (QED) is 0.744. The van der Waals surface area contributed by atoms with E-state index >= 15 is 0 Å². The van der Waals surface area contributed by atoms with Crippen LogP contribution in [0.15, 0.2) is 0 Å². The average molecular weight is 240 g/mol. The van der Waals surface area contributed by atoms with Crippen LogP contribution in [0.2, 0.25) is 0 Å². The van der Waals surface area contributed by atoms with Gasteiger partial charge in [0, 0.05) is 18.6 Å². The second kappa shape index (κ2) is 6.72. The lowest BCUT2D eigenvalue weighted by atomic mass is 9.89.